The summed E-state index contributed by atoms with van der Waals surface area (Å²) in [6.45, 7) is 7.58. The number of hydrogen-bond acceptors (Lipinski definition) is 5. The second-order valence-corrected chi connectivity index (χ2v) is 5.23. The Labute approximate surface area is 125 Å². The van der Waals surface area contributed by atoms with Crippen LogP contribution in [-0.4, -0.2) is 30.9 Å². The van der Waals surface area contributed by atoms with Crippen LogP contribution in [0.25, 0.3) is 0 Å². The van der Waals surface area contributed by atoms with E-state index >= 15 is 0 Å². The van der Waals surface area contributed by atoms with Gasteiger partial charge in [0.1, 0.15) is 5.41 Å². The van der Waals surface area contributed by atoms with Gasteiger partial charge in [0.05, 0.1) is 13.2 Å². The zero-order valence-corrected chi connectivity index (χ0v) is 12.9. The average Bonchev–Trinajstić information content (AvgIpc) is 2.76. The van der Waals surface area contributed by atoms with Crippen LogP contribution in [0, 0.1) is 11.3 Å². The lowest BCUT2D eigenvalue weighted by atomic mass is 9.79. The van der Waals surface area contributed by atoms with Crippen LogP contribution in [0.5, 0.6) is 0 Å². The fraction of sp³-hybridized carbons (Fsp3) is 0.688. The predicted molar refractivity (Wildman–Crippen MR) is 77.5 cm³/mol. The van der Waals surface area contributed by atoms with E-state index in [4.69, 9.17) is 9.47 Å². The van der Waals surface area contributed by atoms with Gasteiger partial charge in [-0.25, -0.2) is 0 Å². The first-order valence-electron chi connectivity index (χ1n) is 7.49. The second kappa shape index (κ2) is 7.96. The van der Waals surface area contributed by atoms with Crippen molar-refractivity contribution in [1.82, 2.24) is 0 Å². The van der Waals surface area contributed by atoms with Crippen LogP contribution in [0.2, 0.25) is 0 Å². The molecule has 0 aromatic carbocycles. The summed E-state index contributed by atoms with van der Waals surface area (Å²) in [5, 5.41) is 0. The van der Waals surface area contributed by atoms with E-state index in [1.807, 2.05) is 0 Å². The summed E-state index contributed by atoms with van der Waals surface area (Å²) >= 11 is 0. The van der Waals surface area contributed by atoms with Crippen molar-refractivity contribution in [2.24, 2.45) is 11.3 Å². The maximum Gasteiger partial charge on any atom is 0.319 e. The van der Waals surface area contributed by atoms with Crippen molar-refractivity contribution in [3.05, 3.63) is 12.7 Å². The minimum absolute atomic E-state index is 0.0548. The molecule has 0 spiro atoms. The number of ether oxygens (including phenoxy) is 2. The van der Waals surface area contributed by atoms with Gasteiger partial charge in [0.15, 0.2) is 5.78 Å². The highest BCUT2D eigenvalue weighted by Crippen LogP contribution is 2.44. The Morgan fingerprint density at radius 3 is 2.57 bits per heavy atom. The van der Waals surface area contributed by atoms with Gasteiger partial charge in [0.25, 0.3) is 0 Å². The molecule has 2 unspecified atom stereocenters. The van der Waals surface area contributed by atoms with E-state index in [0.717, 1.165) is 0 Å². The third-order valence-electron chi connectivity index (χ3n) is 3.94. The molecular formula is C16H24O5. The van der Waals surface area contributed by atoms with Crippen molar-refractivity contribution in [2.45, 2.75) is 46.0 Å². The molecular weight excluding hydrogens is 272 g/mol. The first-order chi connectivity index (χ1) is 10.0. The summed E-state index contributed by atoms with van der Waals surface area (Å²) < 4.78 is 9.96. The number of Topliss-reactive ketones (excluding diaryl/α,β-unsaturated/α-hetero) is 1. The van der Waals surface area contributed by atoms with Gasteiger partial charge >= 0.3 is 11.9 Å². The van der Waals surface area contributed by atoms with E-state index in [9.17, 15) is 14.4 Å². The van der Waals surface area contributed by atoms with Crippen LogP contribution >= 0.6 is 0 Å². The van der Waals surface area contributed by atoms with Crippen molar-refractivity contribution in [1.29, 1.82) is 0 Å². The molecule has 5 heteroatoms. The highest BCUT2D eigenvalue weighted by molar-refractivity contribution is 6.06. The Bertz CT molecular complexity index is 415. The van der Waals surface area contributed by atoms with Gasteiger partial charge < -0.3 is 9.47 Å². The molecule has 1 aliphatic rings. The maximum absolute atomic E-state index is 12.6. The molecule has 0 saturated heterocycles. The van der Waals surface area contributed by atoms with Crippen LogP contribution in [0.15, 0.2) is 12.7 Å². The largest absolute Gasteiger partial charge is 0.466 e. The van der Waals surface area contributed by atoms with Gasteiger partial charge in [-0.15, -0.1) is 6.58 Å². The van der Waals surface area contributed by atoms with Gasteiger partial charge in [0.2, 0.25) is 0 Å². The smallest absolute Gasteiger partial charge is 0.319 e. The molecule has 0 aliphatic heterocycles. The molecule has 0 radical (unpaired) electrons. The SMILES string of the molecule is C=CCC1CCC(CCC(=O)OCC)(C(=O)OCC)C1=O. The minimum Gasteiger partial charge on any atom is -0.466 e. The molecule has 0 aromatic rings. The molecule has 1 aliphatic carbocycles. The standard InChI is InChI=1S/C16H24O5/c1-4-7-12-8-10-16(14(12)18,15(19)21-6-3)11-9-13(17)20-5-2/h4,12H,1,5-11H2,2-3H3. The lowest BCUT2D eigenvalue weighted by Gasteiger charge is -2.25. The first kappa shape index (κ1) is 17.4. The molecule has 1 fully saturated rings. The fourth-order valence-electron chi connectivity index (χ4n) is 2.86. The Morgan fingerprint density at radius 2 is 2.00 bits per heavy atom. The van der Waals surface area contributed by atoms with Crippen molar-refractivity contribution >= 4 is 17.7 Å². The third-order valence-corrected chi connectivity index (χ3v) is 3.94. The van der Waals surface area contributed by atoms with Gasteiger partial charge in [-0.2, -0.15) is 0 Å². The Kier molecular flexibility index (Phi) is 6.59. The van der Waals surface area contributed by atoms with E-state index in [0.29, 0.717) is 19.3 Å². The molecule has 0 aromatic heterocycles. The van der Waals surface area contributed by atoms with E-state index in [-0.39, 0.29) is 43.7 Å². The molecule has 21 heavy (non-hydrogen) atoms. The van der Waals surface area contributed by atoms with E-state index < -0.39 is 11.4 Å². The highest BCUT2D eigenvalue weighted by atomic mass is 16.5. The molecule has 2 atom stereocenters. The van der Waals surface area contributed by atoms with E-state index in [2.05, 4.69) is 6.58 Å². The normalized spacial score (nSPS) is 24.7. The average molecular weight is 296 g/mol. The number of hydrogen-bond donors (Lipinski definition) is 0. The molecule has 118 valence electrons. The van der Waals surface area contributed by atoms with E-state index in [1.165, 1.54) is 0 Å². The van der Waals surface area contributed by atoms with Gasteiger partial charge in [-0.3, -0.25) is 14.4 Å². The Morgan fingerprint density at radius 1 is 1.33 bits per heavy atom. The van der Waals surface area contributed by atoms with Crippen LogP contribution in [0.1, 0.15) is 46.0 Å². The van der Waals surface area contributed by atoms with Crippen LogP contribution < -0.4 is 0 Å². The lowest BCUT2D eigenvalue weighted by Crippen LogP contribution is -2.39. The molecule has 1 rings (SSSR count). The number of rotatable bonds is 8. The highest BCUT2D eigenvalue weighted by Gasteiger charge is 2.53. The quantitative estimate of drug-likeness (QED) is 0.391. The predicted octanol–water partition coefficient (Wildman–Crippen LogP) is 2.43. The van der Waals surface area contributed by atoms with Crippen molar-refractivity contribution in [2.75, 3.05) is 13.2 Å². The van der Waals surface area contributed by atoms with Gasteiger partial charge in [-0.1, -0.05) is 6.08 Å². The van der Waals surface area contributed by atoms with Gasteiger partial charge in [0, 0.05) is 12.3 Å². The Hall–Kier alpha value is -1.65. The summed E-state index contributed by atoms with van der Waals surface area (Å²) in [6, 6.07) is 0. The molecule has 0 heterocycles. The van der Waals surface area contributed by atoms with Crippen molar-refractivity contribution < 1.29 is 23.9 Å². The van der Waals surface area contributed by atoms with Crippen LogP contribution in [-0.2, 0) is 23.9 Å². The number of ketones is 1. The Balaban J connectivity index is 2.86. The maximum atomic E-state index is 12.6. The number of carbonyl (C=O) groups is 3. The lowest BCUT2D eigenvalue weighted by molar-refractivity contribution is -0.160. The van der Waals surface area contributed by atoms with Crippen LogP contribution in [0.3, 0.4) is 0 Å². The van der Waals surface area contributed by atoms with Crippen LogP contribution in [0.4, 0.5) is 0 Å². The zero-order valence-electron chi connectivity index (χ0n) is 12.9. The third kappa shape index (κ3) is 3.93. The van der Waals surface area contributed by atoms with Gasteiger partial charge in [-0.05, 0) is 39.5 Å². The topological polar surface area (TPSA) is 69.7 Å². The molecule has 0 amide bonds. The zero-order chi connectivity index (χ0) is 15.9. The number of allylic oxidation sites excluding steroid dienone is 1. The molecule has 0 bridgehead atoms. The van der Waals surface area contributed by atoms with E-state index in [1.54, 1.807) is 19.9 Å². The minimum atomic E-state index is -1.18. The summed E-state index contributed by atoms with van der Waals surface area (Å²) in [7, 11) is 0. The summed E-state index contributed by atoms with van der Waals surface area (Å²) in [6.07, 6.45) is 3.53. The summed E-state index contributed by atoms with van der Waals surface area (Å²) in [5.74, 6) is -1.22. The summed E-state index contributed by atoms with van der Waals surface area (Å²) in [5.41, 5.74) is -1.18. The van der Waals surface area contributed by atoms with Crippen molar-refractivity contribution in [3.63, 3.8) is 0 Å². The molecule has 1 saturated carbocycles. The monoisotopic (exact) mass is 296 g/mol. The fourth-order valence-corrected chi connectivity index (χ4v) is 2.86. The van der Waals surface area contributed by atoms with Crippen molar-refractivity contribution in [3.8, 4) is 0 Å². The molecule has 0 N–H and O–H groups in total. The second-order valence-electron chi connectivity index (χ2n) is 5.23. The summed E-state index contributed by atoms with van der Waals surface area (Å²) in [4.78, 5) is 36.4. The number of carbonyl (C=O) groups excluding carboxylic acids is 3. The number of esters is 2. The first-order valence-corrected chi connectivity index (χ1v) is 7.49. The molecule has 5 nitrogen and oxygen atoms in total.